The fraction of sp³-hybridized carbons (Fsp3) is 0.524. The van der Waals surface area contributed by atoms with Crippen LogP contribution in [0.1, 0.15) is 43.7 Å². The Morgan fingerprint density at radius 2 is 1.91 bits per heavy atom. The van der Waals surface area contributed by atoms with Gasteiger partial charge in [-0.25, -0.2) is 0 Å². The van der Waals surface area contributed by atoms with Gasteiger partial charge in [-0.1, -0.05) is 36.4 Å². The molecule has 3 rings (SSSR count). The van der Waals surface area contributed by atoms with E-state index in [4.69, 9.17) is 4.74 Å². The van der Waals surface area contributed by atoms with Crippen LogP contribution in [0.3, 0.4) is 0 Å². The Morgan fingerprint density at radius 1 is 1.22 bits per heavy atom. The average Bonchev–Trinajstić information content (AvgIpc) is 3.33. The Hall–Kier alpha value is -1.54. The minimum absolute atomic E-state index is 0.329. The third kappa shape index (κ3) is 4.71. The zero-order valence-corrected chi connectivity index (χ0v) is 14.6. The molecule has 0 atom stereocenters. The molecular formula is C21H29NO. The van der Waals surface area contributed by atoms with Gasteiger partial charge >= 0.3 is 0 Å². The molecule has 23 heavy (non-hydrogen) atoms. The first kappa shape index (κ1) is 16.3. The van der Waals surface area contributed by atoms with E-state index in [9.17, 15) is 0 Å². The number of ether oxygens (including phenoxy) is 1. The highest BCUT2D eigenvalue weighted by molar-refractivity contribution is 5.65. The first-order valence-corrected chi connectivity index (χ1v) is 8.94. The van der Waals surface area contributed by atoms with Crippen LogP contribution in [0.2, 0.25) is 0 Å². The van der Waals surface area contributed by atoms with Crippen LogP contribution >= 0.6 is 0 Å². The molecule has 2 heteroatoms. The van der Waals surface area contributed by atoms with E-state index < -0.39 is 0 Å². The molecule has 0 spiro atoms. The van der Waals surface area contributed by atoms with Crippen LogP contribution in [0.25, 0.3) is 5.76 Å². The topological polar surface area (TPSA) is 12.5 Å². The Balaban J connectivity index is 1.63. The van der Waals surface area contributed by atoms with E-state index in [-0.39, 0.29) is 0 Å². The molecule has 2 fully saturated rings. The van der Waals surface area contributed by atoms with E-state index in [0.717, 1.165) is 30.1 Å². The molecule has 0 bridgehead atoms. The van der Waals surface area contributed by atoms with Crippen LogP contribution < -0.4 is 0 Å². The molecule has 1 saturated carbocycles. The smallest absolute Gasteiger partial charge is 0.127 e. The molecule has 1 aliphatic carbocycles. The van der Waals surface area contributed by atoms with E-state index in [2.05, 4.69) is 48.7 Å². The lowest BCUT2D eigenvalue weighted by atomic mass is 10.0. The summed E-state index contributed by atoms with van der Waals surface area (Å²) in [5.41, 5.74) is 3.48. The van der Waals surface area contributed by atoms with Gasteiger partial charge in [0.1, 0.15) is 11.9 Å². The summed E-state index contributed by atoms with van der Waals surface area (Å²) in [6.07, 6.45) is 7.55. The van der Waals surface area contributed by atoms with Crippen LogP contribution in [0.5, 0.6) is 0 Å². The summed E-state index contributed by atoms with van der Waals surface area (Å²) < 4.78 is 6.41. The molecular weight excluding hydrogens is 282 g/mol. The molecule has 0 aromatic heterocycles. The zero-order valence-electron chi connectivity index (χ0n) is 14.6. The van der Waals surface area contributed by atoms with E-state index in [1.165, 1.54) is 43.6 Å². The fourth-order valence-electron chi connectivity index (χ4n) is 3.30. The summed E-state index contributed by atoms with van der Waals surface area (Å²) in [5, 5.41) is 0. The molecule has 2 aliphatic rings. The van der Waals surface area contributed by atoms with Crippen LogP contribution in [-0.2, 0) is 4.74 Å². The number of benzene rings is 1. The molecule has 1 aliphatic heterocycles. The number of rotatable bonds is 6. The molecule has 2 nitrogen and oxygen atoms in total. The lowest BCUT2D eigenvalue weighted by molar-refractivity contribution is 0.0782. The Kier molecular flexibility index (Phi) is 5.22. The van der Waals surface area contributed by atoms with Crippen molar-refractivity contribution in [1.82, 2.24) is 4.90 Å². The van der Waals surface area contributed by atoms with Crippen molar-refractivity contribution in [3.8, 4) is 0 Å². The van der Waals surface area contributed by atoms with Crippen LogP contribution in [0.4, 0.5) is 0 Å². The number of piperidine rings is 1. The van der Waals surface area contributed by atoms with Gasteiger partial charge < -0.3 is 9.64 Å². The summed E-state index contributed by atoms with van der Waals surface area (Å²) >= 11 is 0. The maximum atomic E-state index is 6.41. The van der Waals surface area contributed by atoms with Gasteiger partial charge in [-0.05, 0) is 57.1 Å². The summed E-state index contributed by atoms with van der Waals surface area (Å²) in [4.78, 5) is 2.62. The number of likely N-dealkylation sites (tertiary alicyclic amines) is 1. The molecule has 1 aromatic rings. The largest absolute Gasteiger partial charge is 0.490 e. The first-order valence-electron chi connectivity index (χ1n) is 8.94. The van der Waals surface area contributed by atoms with Crippen LogP contribution in [0.15, 0.2) is 42.5 Å². The number of nitrogens with zero attached hydrogens (tertiary/aromatic N) is 1. The predicted octanol–water partition coefficient (Wildman–Crippen LogP) is 4.80. The second-order valence-electron chi connectivity index (χ2n) is 7.23. The van der Waals surface area contributed by atoms with E-state index in [0.29, 0.717) is 6.10 Å². The normalized spacial score (nSPS) is 20.5. The zero-order chi connectivity index (χ0) is 16.2. The minimum atomic E-state index is 0.329. The second-order valence-corrected chi connectivity index (χ2v) is 7.23. The van der Waals surface area contributed by atoms with Gasteiger partial charge in [-0.15, -0.1) is 0 Å². The van der Waals surface area contributed by atoms with Crippen molar-refractivity contribution < 1.29 is 4.74 Å². The predicted molar refractivity (Wildman–Crippen MR) is 97.2 cm³/mol. The van der Waals surface area contributed by atoms with Crippen molar-refractivity contribution in [3.63, 3.8) is 0 Å². The molecule has 1 heterocycles. The van der Waals surface area contributed by atoms with Gasteiger partial charge in [0.05, 0.1) is 0 Å². The third-order valence-electron chi connectivity index (χ3n) is 4.83. The standard InChI is InChI=1S/C21H29NO/c1-16(2)14-21(20-7-5-4-6-17(20)3)23-19-10-12-22(13-11-19)15-18-8-9-18/h4-7,14,18-19H,1,8-13,15H2,2-3H3/b21-14+. The van der Waals surface area contributed by atoms with Gasteiger partial charge in [-0.2, -0.15) is 0 Å². The molecule has 0 N–H and O–H groups in total. The number of allylic oxidation sites excluding steroid dienone is 2. The number of hydrogen-bond acceptors (Lipinski definition) is 2. The highest BCUT2D eigenvalue weighted by Gasteiger charge is 2.28. The number of aryl methyl sites for hydroxylation is 1. The maximum absolute atomic E-state index is 6.41. The van der Waals surface area contributed by atoms with Crippen molar-refractivity contribution in [2.75, 3.05) is 19.6 Å². The first-order chi connectivity index (χ1) is 11.1. The van der Waals surface area contributed by atoms with Crippen molar-refractivity contribution in [3.05, 3.63) is 53.6 Å². The van der Waals surface area contributed by atoms with Crippen LogP contribution in [0, 0.1) is 12.8 Å². The maximum Gasteiger partial charge on any atom is 0.127 e. The highest BCUT2D eigenvalue weighted by Crippen LogP contribution is 2.31. The summed E-state index contributed by atoms with van der Waals surface area (Å²) in [5.74, 6) is 1.97. The Morgan fingerprint density at radius 3 is 2.52 bits per heavy atom. The van der Waals surface area contributed by atoms with Gasteiger partial charge in [0.2, 0.25) is 0 Å². The SMILES string of the molecule is C=C(C)/C=C(/OC1CCN(CC2CC2)CC1)c1ccccc1C. The van der Waals surface area contributed by atoms with Crippen molar-refractivity contribution in [2.24, 2.45) is 5.92 Å². The molecule has 0 unspecified atom stereocenters. The van der Waals surface area contributed by atoms with Crippen LogP contribution in [-0.4, -0.2) is 30.6 Å². The molecule has 0 amide bonds. The molecule has 1 aromatic carbocycles. The van der Waals surface area contributed by atoms with Gasteiger partial charge in [0.15, 0.2) is 0 Å². The van der Waals surface area contributed by atoms with Gasteiger partial charge in [0.25, 0.3) is 0 Å². The summed E-state index contributed by atoms with van der Waals surface area (Å²) in [7, 11) is 0. The van der Waals surface area contributed by atoms with E-state index >= 15 is 0 Å². The highest BCUT2D eigenvalue weighted by atomic mass is 16.5. The van der Waals surface area contributed by atoms with Crippen molar-refractivity contribution >= 4 is 5.76 Å². The second kappa shape index (κ2) is 7.35. The van der Waals surface area contributed by atoms with E-state index in [1.54, 1.807) is 0 Å². The minimum Gasteiger partial charge on any atom is -0.490 e. The van der Waals surface area contributed by atoms with E-state index in [1.807, 2.05) is 6.92 Å². The van der Waals surface area contributed by atoms with Gasteiger partial charge in [0, 0.05) is 25.2 Å². The third-order valence-corrected chi connectivity index (χ3v) is 4.83. The average molecular weight is 311 g/mol. The molecule has 0 radical (unpaired) electrons. The Labute approximate surface area is 140 Å². The number of hydrogen-bond donors (Lipinski definition) is 0. The Bertz CT molecular complexity index is 577. The lowest BCUT2D eigenvalue weighted by Crippen LogP contribution is -2.38. The molecule has 1 saturated heterocycles. The molecule has 124 valence electrons. The van der Waals surface area contributed by atoms with Crippen molar-refractivity contribution in [1.29, 1.82) is 0 Å². The summed E-state index contributed by atoms with van der Waals surface area (Å²) in [6.45, 7) is 11.9. The lowest BCUT2D eigenvalue weighted by Gasteiger charge is -2.33. The fourth-order valence-corrected chi connectivity index (χ4v) is 3.30. The van der Waals surface area contributed by atoms with Crippen molar-refractivity contribution in [2.45, 2.75) is 45.6 Å². The quantitative estimate of drug-likeness (QED) is 0.552. The van der Waals surface area contributed by atoms with Gasteiger partial charge in [-0.3, -0.25) is 0 Å². The monoisotopic (exact) mass is 311 g/mol. The summed E-state index contributed by atoms with van der Waals surface area (Å²) in [6, 6.07) is 8.44.